The standard InChI is InChI=1S/C25H19ClF4N4O3S/c1-38(36,37)22-8-3-2-7-18(22)16-9-10-20(19(27)12-16)32-24(35)21-13-23(25(28,29)30)33-34(21)17-6-4-5-15(11-17)14-31-26/h2-13,31H,14H2,1H3,(H,32,35). The number of anilines is 1. The van der Waals surface area contributed by atoms with E-state index < -0.39 is 39.1 Å². The van der Waals surface area contributed by atoms with E-state index in [9.17, 15) is 26.4 Å². The number of aromatic nitrogens is 2. The highest BCUT2D eigenvalue weighted by Crippen LogP contribution is 2.32. The molecule has 3 aromatic carbocycles. The summed E-state index contributed by atoms with van der Waals surface area (Å²) in [5.74, 6) is -1.96. The summed E-state index contributed by atoms with van der Waals surface area (Å²) in [6, 6.07) is 16.4. The van der Waals surface area contributed by atoms with E-state index in [1.54, 1.807) is 18.2 Å². The molecule has 0 saturated carbocycles. The summed E-state index contributed by atoms with van der Waals surface area (Å²) in [6.07, 6.45) is -3.81. The zero-order chi connectivity index (χ0) is 27.7. The van der Waals surface area contributed by atoms with Crippen molar-refractivity contribution in [2.75, 3.05) is 11.6 Å². The molecule has 13 heteroatoms. The Morgan fingerprint density at radius 1 is 1.03 bits per heavy atom. The monoisotopic (exact) mass is 566 g/mol. The molecule has 4 aromatic rings. The molecule has 0 aliphatic heterocycles. The Morgan fingerprint density at radius 2 is 1.76 bits per heavy atom. The van der Waals surface area contributed by atoms with Crippen molar-refractivity contribution in [3.05, 3.63) is 95.6 Å². The fraction of sp³-hybridized carbons (Fsp3) is 0.120. The van der Waals surface area contributed by atoms with Gasteiger partial charge in [0.05, 0.1) is 16.3 Å². The minimum Gasteiger partial charge on any atom is -0.318 e. The fourth-order valence-electron chi connectivity index (χ4n) is 3.75. The van der Waals surface area contributed by atoms with Crippen LogP contribution in [0.2, 0.25) is 0 Å². The minimum atomic E-state index is -4.84. The Hall–Kier alpha value is -3.74. The smallest absolute Gasteiger partial charge is 0.318 e. The van der Waals surface area contributed by atoms with Crippen LogP contribution in [0.1, 0.15) is 21.7 Å². The van der Waals surface area contributed by atoms with Gasteiger partial charge in [-0.3, -0.25) is 4.79 Å². The normalized spacial score (nSPS) is 11.9. The summed E-state index contributed by atoms with van der Waals surface area (Å²) in [4.78, 5) is 15.4. The van der Waals surface area contributed by atoms with Crippen molar-refractivity contribution in [3.63, 3.8) is 0 Å². The first-order valence-electron chi connectivity index (χ1n) is 10.9. The number of rotatable bonds is 7. The molecule has 1 heterocycles. The van der Waals surface area contributed by atoms with Gasteiger partial charge in [-0.05, 0) is 53.2 Å². The second kappa shape index (κ2) is 10.6. The number of alkyl halides is 3. The lowest BCUT2D eigenvalue weighted by atomic mass is 10.0. The highest BCUT2D eigenvalue weighted by Gasteiger charge is 2.36. The predicted molar refractivity (Wildman–Crippen MR) is 134 cm³/mol. The number of benzene rings is 3. The van der Waals surface area contributed by atoms with Crippen LogP contribution in [0.4, 0.5) is 23.2 Å². The molecule has 198 valence electrons. The van der Waals surface area contributed by atoms with Crippen molar-refractivity contribution < 1.29 is 30.8 Å². The van der Waals surface area contributed by atoms with Crippen LogP contribution in [0.3, 0.4) is 0 Å². The third kappa shape index (κ3) is 5.87. The number of nitrogens with zero attached hydrogens (tertiary/aromatic N) is 2. The first-order valence-corrected chi connectivity index (χ1v) is 13.2. The highest BCUT2D eigenvalue weighted by molar-refractivity contribution is 7.90. The van der Waals surface area contributed by atoms with E-state index in [1.165, 1.54) is 42.5 Å². The van der Waals surface area contributed by atoms with Gasteiger partial charge < -0.3 is 5.32 Å². The van der Waals surface area contributed by atoms with Gasteiger partial charge in [-0.2, -0.15) is 18.3 Å². The van der Waals surface area contributed by atoms with Crippen LogP contribution in [0.15, 0.2) is 77.7 Å². The topological polar surface area (TPSA) is 93.1 Å². The summed E-state index contributed by atoms with van der Waals surface area (Å²) in [7, 11) is -3.61. The molecule has 7 nitrogen and oxygen atoms in total. The van der Waals surface area contributed by atoms with Gasteiger partial charge in [0.25, 0.3) is 5.91 Å². The molecule has 0 radical (unpaired) electrons. The number of halogens is 5. The molecule has 0 aliphatic carbocycles. The Kier molecular flexibility index (Phi) is 7.58. The average Bonchev–Trinajstić information content (AvgIpc) is 3.32. The molecule has 0 saturated heterocycles. The maximum absolute atomic E-state index is 15.0. The largest absolute Gasteiger partial charge is 0.435 e. The molecule has 38 heavy (non-hydrogen) atoms. The molecule has 0 aliphatic rings. The summed E-state index contributed by atoms with van der Waals surface area (Å²) in [5, 5.41) is 5.82. The molecule has 0 atom stereocenters. The number of nitrogens with one attached hydrogen (secondary N) is 2. The van der Waals surface area contributed by atoms with Gasteiger partial charge in [0.1, 0.15) is 11.5 Å². The summed E-state index contributed by atoms with van der Waals surface area (Å²) in [5.41, 5.74) is -0.860. The van der Waals surface area contributed by atoms with Crippen molar-refractivity contribution in [2.45, 2.75) is 17.6 Å². The maximum atomic E-state index is 15.0. The van der Waals surface area contributed by atoms with E-state index in [-0.39, 0.29) is 33.9 Å². The average molecular weight is 567 g/mol. The molecule has 0 fully saturated rings. The SMILES string of the molecule is CS(=O)(=O)c1ccccc1-c1ccc(NC(=O)c2cc(C(F)(F)F)nn2-c2cccc(CNCl)c2)c(F)c1. The van der Waals surface area contributed by atoms with Crippen molar-refractivity contribution in [3.8, 4) is 16.8 Å². The van der Waals surface area contributed by atoms with Crippen molar-refractivity contribution in [2.24, 2.45) is 0 Å². The van der Waals surface area contributed by atoms with E-state index in [1.807, 2.05) is 0 Å². The molecule has 2 N–H and O–H groups in total. The molecule has 1 aromatic heterocycles. The lowest BCUT2D eigenvalue weighted by molar-refractivity contribution is -0.141. The molecular weight excluding hydrogens is 548 g/mol. The van der Waals surface area contributed by atoms with Crippen LogP contribution in [0, 0.1) is 5.82 Å². The number of hydrogen-bond donors (Lipinski definition) is 2. The number of sulfone groups is 1. The minimum absolute atomic E-state index is 0.00800. The molecule has 4 rings (SSSR count). The van der Waals surface area contributed by atoms with E-state index >= 15 is 4.39 Å². The second-order valence-corrected chi connectivity index (χ2v) is 10.5. The lowest BCUT2D eigenvalue weighted by Crippen LogP contribution is -2.18. The number of hydrogen-bond acceptors (Lipinski definition) is 5. The van der Waals surface area contributed by atoms with E-state index in [2.05, 4.69) is 15.3 Å². The second-order valence-electron chi connectivity index (χ2n) is 8.22. The van der Waals surface area contributed by atoms with Crippen LogP contribution in [-0.2, 0) is 22.6 Å². The maximum Gasteiger partial charge on any atom is 0.435 e. The van der Waals surface area contributed by atoms with Crippen molar-refractivity contribution in [1.82, 2.24) is 14.6 Å². The third-order valence-electron chi connectivity index (χ3n) is 5.47. The quantitative estimate of drug-likeness (QED) is 0.224. The van der Waals surface area contributed by atoms with Gasteiger partial charge in [-0.1, -0.05) is 36.4 Å². The predicted octanol–water partition coefficient (Wildman–Crippen LogP) is 5.60. The fourth-order valence-corrected chi connectivity index (χ4v) is 4.82. The molecule has 1 amide bonds. The Bertz CT molecular complexity index is 1620. The zero-order valence-corrected chi connectivity index (χ0v) is 21.1. The van der Waals surface area contributed by atoms with E-state index in [0.717, 1.165) is 17.0 Å². The van der Waals surface area contributed by atoms with Gasteiger partial charge in [-0.15, -0.1) is 0 Å². The van der Waals surface area contributed by atoms with Gasteiger partial charge >= 0.3 is 6.18 Å². The summed E-state index contributed by atoms with van der Waals surface area (Å²) in [6.45, 7) is 0.199. The van der Waals surface area contributed by atoms with Crippen LogP contribution >= 0.6 is 11.8 Å². The number of carbonyl (C=O) groups excluding carboxylic acids is 1. The molecule has 0 unspecified atom stereocenters. The Labute approximate surface area is 220 Å². The van der Waals surface area contributed by atoms with Gasteiger partial charge in [0.15, 0.2) is 15.5 Å². The molecule has 0 spiro atoms. The van der Waals surface area contributed by atoms with Gasteiger partial charge in [0, 0.05) is 24.4 Å². The Morgan fingerprint density at radius 3 is 2.42 bits per heavy atom. The summed E-state index contributed by atoms with van der Waals surface area (Å²) >= 11 is 5.52. The van der Waals surface area contributed by atoms with Gasteiger partial charge in [0.2, 0.25) is 0 Å². The van der Waals surface area contributed by atoms with Crippen molar-refractivity contribution >= 4 is 33.2 Å². The lowest BCUT2D eigenvalue weighted by Gasteiger charge is -2.12. The van der Waals surface area contributed by atoms with Crippen LogP contribution < -0.4 is 10.2 Å². The first kappa shape index (κ1) is 27.3. The van der Waals surface area contributed by atoms with E-state index in [0.29, 0.717) is 11.6 Å². The van der Waals surface area contributed by atoms with Crippen LogP contribution in [0.25, 0.3) is 16.8 Å². The Balaban J connectivity index is 1.70. The van der Waals surface area contributed by atoms with Crippen molar-refractivity contribution in [1.29, 1.82) is 0 Å². The van der Waals surface area contributed by atoms with Crippen LogP contribution in [0.5, 0.6) is 0 Å². The highest BCUT2D eigenvalue weighted by atomic mass is 35.5. The van der Waals surface area contributed by atoms with E-state index in [4.69, 9.17) is 11.8 Å². The number of amides is 1. The zero-order valence-electron chi connectivity index (χ0n) is 19.6. The summed E-state index contributed by atoms with van der Waals surface area (Å²) < 4.78 is 80.3. The number of carbonyl (C=O) groups is 1. The molecular formula is C25H19ClF4N4O3S. The third-order valence-corrected chi connectivity index (χ3v) is 6.76. The van der Waals surface area contributed by atoms with Gasteiger partial charge in [-0.25, -0.2) is 22.3 Å². The van der Waals surface area contributed by atoms with Crippen LogP contribution in [-0.4, -0.2) is 30.4 Å². The molecule has 0 bridgehead atoms. The first-order chi connectivity index (χ1) is 17.9.